The van der Waals surface area contributed by atoms with Crippen molar-refractivity contribution in [1.82, 2.24) is 4.90 Å². The van der Waals surface area contributed by atoms with Crippen LogP contribution in [0.4, 0.5) is 4.79 Å². The van der Waals surface area contributed by atoms with E-state index in [0.29, 0.717) is 0 Å². The van der Waals surface area contributed by atoms with Crippen LogP contribution < -0.4 is 0 Å². The van der Waals surface area contributed by atoms with E-state index >= 15 is 0 Å². The Morgan fingerprint density at radius 3 is 2.21 bits per heavy atom. The van der Waals surface area contributed by atoms with Gasteiger partial charge in [0.2, 0.25) is 0 Å². The molecule has 1 aliphatic carbocycles. The quantitative estimate of drug-likeness (QED) is 0.407. The fraction of sp³-hybridized carbons (Fsp3) is 0.172. The van der Waals surface area contributed by atoms with Crippen LogP contribution in [0.5, 0.6) is 0 Å². The van der Waals surface area contributed by atoms with Crippen molar-refractivity contribution < 1.29 is 20.8 Å². The SMILES string of the molecule is [2H]CN(C(=O)OCC1c2ccccc2-c2ccccc21)[C@@H](Cc1cccc2ccccc12)C(=O)O. The lowest BCUT2D eigenvalue weighted by atomic mass is 9.98. The summed E-state index contributed by atoms with van der Waals surface area (Å²) in [7, 11) is -0.515. The van der Waals surface area contributed by atoms with Crippen molar-refractivity contribution in [3.8, 4) is 11.1 Å². The molecular weight excluding hydrogens is 426 g/mol. The molecule has 0 heterocycles. The second kappa shape index (κ2) is 9.02. The fourth-order valence-corrected chi connectivity index (χ4v) is 4.81. The molecule has 1 aliphatic rings. The molecule has 0 spiro atoms. The molecule has 0 saturated carbocycles. The minimum atomic E-state index is -1.21. The van der Waals surface area contributed by atoms with E-state index in [9.17, 15) is 14.7 Å². The molecule has 1 amide bonds. The molecule has 0 bridgehead atoms. The fourth-order valence-electron chi connectivity index (χ4n) is 4.81. The van der Waals surface area contributed by atoms with Crippen LogP contribution in [-0.2, 0) is 16.0 Å². The molecular formula is C29H25NO4. The van der Waals surface area contributed by atoms with E-state index in [1.165, 1.54) is 0 Å². The van der Waals surface area contributed by atoms with Gasteiger partial charge in [0.05, 0.1) is 0 Å². The van der Waals surface area contributed by atoms with E-state index in [4.69, 9.17) is 6.11 Å². The minimum Gasteiger partial charge on any atom is -0.480 e. The highest BCUT2D eigenvalue weighted by molar-refractivity contribution is 5.87. The summed E-state index contributed by atoms with van der Waals surface area (Å²) in [6.07, 6.45) is -0.714. The van der Waals surface area contributed by atoms with Crippen LogP contribution in [0.15, 0.2) is 91.0 Å². The first kappa shape index (κ1) is 20.5. The van der Waals surface area contributed by atoms with Crippen LogP contribution in [0.3, 0.4) is 0 Å². The van der Waals surface area contributed by atoms with Crippen LogP contribution in [0.2, 0.25) is 0 Å². The summed E-state index contributed by atoms with van der Waals surface area (Å²) in [4.78, 5) is 26.3. The standard InChI is InChI=1S/C29H25NO4/c1-30(27(28(31)32)17-20-11-8-10-19-9-2-3-12-21(19)20)29(33)34-18-26-24-15-6-4-13-22(24)23-14-5-7-16-25(23)26/h2-16,26-27H,17-18H2,1H3,(H,31,32)/t27-/m0/s1/i1D. The number of hydrogen-bond acceptors (Lipinski definition) is 3. The van der Waals surface area contributed by atoms with E-state index in [-0.39, 0.29) is 18.9 Å². The summed E-state index contributed by atoms with van der Waals surface area (Å²) in [6, 6.07) is 28.2. The van der Waals surface area contributed by atoms with E-state index in [2.05, 4.69) is 12.1 Å². The average molecular weight is 453 g/mol. The van der Waals surface area contributed by atoms with Crippen molar-refractivity contribution in [2.75, 3.05) is 13.6 Å². The first-order chi connectivity index (χ1) is 17.1. The van der Waals surface area contributed by atoms with Crippen molar-refractivity contribution in [2.24, 2.45) is 0 Å². The van der Waals surface area contributed by atoms with Gasteiger partial charge >= 0.3 is 12.1 Å². The van der Waals surface area contributed by atoms with Crippen molar-refractivity contribution in [2.45, 2.75) is 18.4 Å². The van der Waals surface area contributed by atoms with Crippen LogP contribution in [0.1, 0.15) is 24.0 Å². The van der Waals surface area contributed by atoms with Crippen LogP contribution >= 0.6 is 0 Å². The van der Waals surface area contributed by atoms with E-state index < -0.39 is 25.1 Å². The number of carboxylic acid groups (broad SMARTS) is 1. The first-order valence-electron chi connectivity index (χ1n) is 11.9. The molecule has 0 saturated heterocycles. The Balaban J connectivity index is 1.36. The van der Waals surface area contributed by atoms with Gasteiger partial charge in [-0.15, -0.1) is 0 Å². The smallest absolute Gasteiger partial charge is 0.410 e. The second-order valence-corrected chi connectivity index (χ2v) is 8.47. The first-order valence-corrected chi connectivity index (χ1v) is 11.2. The Bertz CT molecular complexity index is 1350. The zero-order valence-corrected chi connectivity index (χ0v) is 18.6. The van der Waals surface area contributed by atoms with E-state index in [1.807, 2.05) is 78.9 Å². The molecule has 1 N–H and O–H groups in total. The second-order valence-electron chi connectivity index (χ2n) is 8.47. The number of hydrogen-bond donors (Lipinski definition) is 1. The number of fused-ring (bicyclic) bond motifs is 4. The molecule has 170 valence electrons. The number of carbonyl (C=O) groups is 2. The Morgan fingerprint density at radius 2 is 1.53 bits per heavy atom. The van der Waals surface area contributed by atoms with Gasteiger partial charge < -0.3 is 9.84 Å². The molecule has 4 aromatic rings. The molecule has 4 aromatic carbocycles. The molecule has 5 rings (SSSR count). The summed E-state index contributed by atoms with van der Waals surface area (Å²) < 4.78 is 13.6. The van der Waals surface area contributed by atoms with Gasteiger partial charge in [-0.2, -0.15) is 0 Å². The van der Waals surface area contributed by atoms with Crippen molar-refractivity contribution in [3.63, 3.8) is 0 Å². The number of nitrogens with zero attached hydrogens (tertiary/aromatic N) is 1. The highest BCUT2D eigenvalue weighted by Crippen LogP contribution is 2.44. The van der Waals surface area contributed by atoms with Crippen LogP contribution in [0, 0.1) is 0 Å². The largest absolute Gasteiger partial charge is 0.480 e. The molecule has 0 aliphatic heterocycles. The average Bonchev–Trinajstić information content (AvgIpc) is 3.21. The van der Waals surface area contributed by atoms with Gasteiger partial charge in [0.15, 0.2) is 0 Å². The number of ether oxygens (including phenoxy) is 1. The normalized spacial score (nSPS) is 13.6. The predicted octanol–water partition coefficient (Wildman–Crippen LogP) is 5.72. The number of amides is 1. The molecule has 0 radical (unpaired) electrons. The van der Waals surface area contributed by atoms with Gasteiger partial charge in [0.1, 0.15) is 12.6 Å². The number of benzene rings is 4. The third-order valence-corrected chi connectivity index (χ3v) is 6.53. The maximum Gasteiger partial charge on any atom is 0.410 e. The molecule has 5 heteroatoms. The number of likely N-dealkylation sites (N-methyl/N-ethyl adjacent to an activating group) is 1. The number of aliphatic carboxylic acids is 1. The van der Waals surface area contributed by atoms with Crippen LogP contribution in [0.25, 0.3) is 21.9 Å². The van der Waals surface area contributed by atoms with Gasteiger partial charge in [0.25, 0.3) is 0 Å². The molecule has 34 heavy (non-hydrogen) atoms. The number of rotatable bonds is 6. The zero-order chi connectivity index (χ0) is 24.4. The highest BCUT2D eigenvalue weighted by atomic mass is 16.6. The van der Waals surface area contributed by atoms with Gasteiger partial charge in [-0.25, -0.2) is 9.59 Å². The predicted molar refractivity (Wildman–Crippen MR) is 132 cm³/mol. The molecule has 0 aromatic heterocycles. The lowest BCUT2D eigenvalue weighted by Crippen LogP contribution is -2.44. The van der Waals surface area contributed by atoms with Crippen molar-refractivity contribution >= 4 is 22.8 Å². The lowest BCUT2D eigenvalue weighted by molar-refractivity contribution is -0.142. The number of carbonyl (C=O) groups excluding carboxylic acids is 1. The lowest BCUT2D eigenvalue weighted by Gasteiger charge is -2.25. The summed E-state index contributed by atoms with van der Waals surface area (Å²) in [5, 5.41) is 11.9. The van der Waals surface area contributed by atoms with Gasteiger partial charge in [0, 0.05) is 20.7 Å². The molecule has 0 unspecified atom stereocenters. The van der Waals surface area contributed by atoms with Crippen LogP contribution in [-0.4, -0.2) is 41.7 Å². The summed E-state index contributed by atoms with van der Waals surface area (Å²) in [6.45, 7) is 0.0734. The maximum atomic E-state index is 13.1. The Kier molecular flexibility index (Phi) is 5.44. The van der Waals surface area contributed by atoms with Gasteiger partial charge in [-0.1, -0.05) is 91.0 Å². The minimum absolute atomic E-state index is 0.0734. The van der Waals surface area contributed by atoms with Crippen molar-refractivity contribution in [3.05, 3.63) is 108 Å². The Hall–Kier alpha value is -4.12. The zero-order valence-electron chi connectivity index (χ0n) is 19.6. The topological polar surface area (TPSA) is 66.8 Å². The van der Waals surface area contributed by atoms with Crippen molar-refractivity contribution in [1.29, 1.82) is 0 Å². The van der Waals surface area contributed by atoms with Gasteiger partial charge in [-0.3, -0.25) is 4.90 Å². The molecule has 1 atom stereocenters. The maximum absolute atomic E-state index is 13.1. The van der Waals surface area contributed by atoms with E-state index in [0.717, 1.165) is 43.5 Å². The monoisotopic (exact) mass is 452 g/mol. The highest BCUT2D eigenvalue weighted by Gasteiger charge is 2.32. The van der Waals surface area contributed by atoms with E-state index in [1.54, 1.807) is 0 Å². The Morgan fingerprint density at radius 1 is 0.912 bits per heavy atom. The third-order valence-electron chi connectivity index (χ3n) is 6.53. The summed E-state index contributed by atoms with van der Waals surface area (Å²) >= 11 is 0. The third kappa shape index (κ3) is 3.90. The summed E-state index contributed by atoms with van der Waals surface area (Å²) in [5.41, 5.74) is 5.18. The van der Waals surface area contributed by atoms with Gasteiger partial charge in [-0.05, 0) is 38.6 Å². The molecule has 5 nitrogen and oxygen atoms in total. The number of carboxylic acids is 1. The molecule has 0 fully saturated rings. The Labute approximate surface area is 199 Å². The summed E-state index contributed by atoms with van der Waals surface area (Å²) in [5.74, 6) is -1.31.